The maximum Gasteiger partial charge on any atom is 0.222 e. The molecular weight excluding hydrogens is 362 g/mol. The topological polar surface area (TPSA) is 49.9 Å². The highest BCUT2D eigenvalue weighted by atomic mass is 32.2. The summed E-state index contributed by atoms with van der Waals surface area (Å²) in [6, 6.07) is 24.2. The summed E-state index contributed by atoms with van der Waals surface area (Å²) in [6.07, 6.45) is 2.02. The zero-order chi connectivity index (χ0) is 18.1. The quantitative estimate of drug-likeness (QED) is 0.484. The molecule has 4 rings (SSSR count). The third kappa shape index (κ3) is 2.83. The Morgan fingerprint density at radius 2 is 1.46 bits per heavy atom. The summed E-state index contributed by atoms with van der Waals surface area (Å²) in [5.74, 6) is 0. The molecule has 0 aliphatic rings. The number of nitrogens with one attached hydrogen (secondary N) is 1. The lowest BCUT2D eigenvalue weighted by atomic mass is 10.1. The Labute approximate surface area is 157 Å². The molecule has 5 heteroatoms. The Kier molecular flexibility index (Phi) is 4.34. The van der Waals surface area contributed by atoms with Crippen molar-refractivity contribution >= 4 is 32.5 Å². The van der Waals surface area contributed by atoms with E-state index in [1.54, 1.807) is 36.0 Å². The van der Waals surface area contributed by atoms with Crippen LogP contribution in [0.2, 0.25) is 0 Å². The Hall–Kier alpha value is -2.50. The van der Waals surface area contributed by atoms with Crippen molar-refractivity contribution in [3.05, 3.63) is 78.9 Å². The molecule has 0 radical (unpaired) electrons. The number of hydrogen-bond acceptors (Lipinski definition) is 3. The fourth-order valence-electron chi connectivity index (χ4n) is 3.08. The van der Waals surface area contributed by atoms with E-state index < -0.39 is 9.84 Å². The number of para-hydroxylation sites is 1. The Morgan fingerprint density at radius 3 is 2.15 bits per heavy atom. The third-order valence-electron chi connectivity index (χ3n) is 4.37. The van der Waals surface area contributed by atoms with E-state index in [9.17, 15) is 8.42 Å². The van der Waals surface area contributed by atoms with E-state index in [0.717, 1.165) is 26.9 Å². The van der Waals surface area contributed by atoms with Crippen molar-refractivity contribution in [1.82, 2.24) is 4.98 Å². The van der Waals surface area contributed by atoms with Gasteiger partial charge in [0.25, 0.3) is 0 Å². The highest BCUT2D eigenvalue weighted by molar-refractivity contribution is 7.98. The maximum absolute atomic E-state index is 13.3. The van der Waals surface area contributed by atoms with E-state index >= 15 is 0 Å². The van der Waals surface area contributed by atoms with Gasteiger partial charge in [0.2, 0.25) is 9.84 Å². The van der Waals surface area contributed by atoms with E-state index in [1.807, 2.05) is 60.9 Å². The summed E-state index contributed by atoms with van der Waals surface area (Å²) in [4.78, 5) is 4.56. The maximum atomic E-state index is 13.3. The van der Waals surface area contributed by atoms with Gasteiger partial charge in [-0.1, -0.05) is 48.5 Å². The van der Waals surface area contributed by atoms with E-state index in [1.165, 1.54) is 0 Å². The first kappa shape index (κ1) is 16.9. The minimum Gasteiger partial charge on any atom is -0.345 e. The van der Waals surface area contributed by atoms with Crippen LogP contribution in [0.4, 0.5) is 0 Å². The molecule has 1 heterocycles. The van der Waals surface area contributed by atoms with Crippen LogP contribution in [0.5, 0.6) is 0 Å². The number of benzene rings is 3. The van der Waals surface area contributed by atoms with Crippen LogP contribution in [0.25, 0.3) is 22.0 Å². The lowest BCUT2D eigenvalue weighted by molar-refractivity contribution is 0.593. The van der Waals surface area contributed by atoms with E-state index in [0.29, 0.717) is 0 Å². The van der Waals surface area contributed by atoms with Crippen LogP contribution in [0.15, 0.2) is 93.7 Å². The summed E-state index contributed by atoms with van der Waals surface area (Å²) >= 11 is 1.66. The first-order valence-corrected chi connectivity index (χ1v) is 10.9. The average molecular weight is 380 g/mol. The fraction of sp³-hybridized carbons (Fsp3) is 0.0476. The predicted molar refractivity (Wildman–Crippen MR) is 107 cm³/mol. The second-order valence-corrected chi connectivity index (χ2v) is 8.69. The molecule has 0 amide bonds. The van der Waals surface area contributed by atoms with Gasteiger partial charge in [0, 0.05) is 21.4 Å². The second kappa shape index (κ2) is 6.67. The van der Waals surface area contributed by atoms with Gasteiger partial charge >= 0.3 is 0 Å². The molecule has 0 aliphatic heterocycles. The van der Waals surface area contributed by atoms with Crippen molar-refractivity contribution in [1.29, 1.82) is 0 Å². The Bertz CT molecular complexity index is 1160. The largest absolute Gasteiger partial charge is 0.345 e. The fourth-order valence-corrected chi connectivity index (χ4v) is 4.98. The molecule has 130 valence electrons. The van der Waals surface area contributed by atoms with E-state index in [2.05, 4.69) is 4.98 Å². The van der Waals surface area contributed by atoms with Gasteiger partial charge in [0.15, 0.2) is 0 Å². The van der Waals surface area contributed by atoms with Crippen molar-refractivity contribution in [2.24, 2.45) is 0 Å². The van der Waals surface area contributed by atoms with Crippen molar-refractivity contribution in [2.45, 2.75) is 14.8 Å². The standard InChI is InChI=1S/C21H17NO2S2/c1-25-16-13-11-15(12-14-16)20-18-9-5-6-10-19(18)22-21(20)26(23,24)17-7-3-2-4-8-17/h2-14,22H,1H3. The highest BCUT2D eigenvalue weighted by Gasteiger charge is 2.26. The molecule has 0 saturated carbocycles. The van der Waals surface area contributed by atoms with Crippen LogP contribution in [-0.4, -0.2) is 19.7 Å². The molecule has 4 aromatic rings. The van der Waals surface area contributed by atoms with Crippen LogP contribution in [0.3, 0.4) is 0 Å². The molecule has 0 bridgehead atoms. The molecular formula is C21H17NO2S2. The van der Waals surface area contributed by atoms with Crippen molar-refractivity contribution < 1.29 is 8.42 Å². The van der Waals surface area contributed by atoms with Gasteiger partial charge in [-0.05, 0) is 42.2 Å². The number of hydrogen-bond donors (Lipinski definition) is 1. The number of H-pyrrole nitrogens is 1. The predicted octanol–water partition coefficient (Wildman–Crippen LogP) is 5.39. The molecule has 26 heavy (non-hydrogen) atoms. The summed E-state index contributed by atoms with van der Waals surface area (Å²) in [6.45, 7) is 0. The molecule has 0 unspecified atom stereocenters. The molecule has 0 fully saturated rings. The monoisotopic (exact) mass is 379 g/mol. The molecule has 0 aliphatic carbocycles. The lowest BCUT2D eigenvalue weighted by Crippen LogP contribution is -2.03. The minimum absolute atomic E-state index is 0.238. The Balaban J connectivity index is 2.01. The van der Waals surface area contributed by atoms with Crippen LogP contribution in [-0.2, 0) is 9.84 Å². The van der Waals surface area contributed by atoms with Gasteiger partial charge < -0.3 is 4.98 Å². The number of fused-ring (bicyclic) bond motifs is 1. The molecule has 1 aromatic heterocycles. The summed E-state index contributed by atoms with van der Waals surface area (Å²) in [5, 5.41) is 1.14. The van der Waals surface area contributed by atoms with Crippen LogP contribution in [0.1, 0.15) is 0 Å². The molecule has 0 atom stereocenters. The minimum atomic E-state index is -3.66. The Morgan fingerprint density at radius 1 is 0.808 bits per heavy atom. The lowest BCUT2D eigenvalue weighted by Gasteiger charge is -2.08. The zero-order valence-electron chi connectivity index (χ0n) is 14.1. The number of thioether (sulfide) groups is 1. The van der Waals surface area contributed by atoms with Crippen molar-refractivity contribution in [2.75, 3.05) is 6.26 Å². The molecule has 1 N–H and O–H groups in total. The smallest absolute Gasteiger partial charge is 0.222 e. The number of aromatic amines is 1. The van der Waals surface area contributed by atoms with Gasteiger partial charge in [-0.25, -0.2) is 8.42 Å². The number of sulfone groups is 1. The van der Waals surface area contributed by atoms with Crippen LogP contribution in [0, 0.1) is 0 Å². The van der Waals surface area contributed by atoms with Crippen LogP contribution < -0.4 is 0 Å². The van der Waals surface area contributed by atoms with E-state index in [4.69, 9.17) is 0 Å². The van der Waals surface area contributed by atoms with Crippen LogP contribution >= 0.6 is 11.8 Å². The first-order chi connectivity index (χ1) is 12.6. The van der Waals surface area contributed by atoms with E-state index in [-0.39, 0.29) is 9.92 Å². The van der Waals surface area contributed by atoms with Crippen molar-refractivity contribution in [3.63, 3.8) is 0 Å². The van der Waals surface area contributed by atoms with Gasteiger partial charge in [0.1, 0.15) is 5.03 Å². The summed E-state index contributed by atoms with van der Waals surface area (Å²) in [7, 11) is -3.66. The third-order valence-corrected chi connectivity index (χ3v) is 6.85. The number of rotatable bonds is 4. The first-order valence-electron chi connectivity index (χ1n) is 8.16. The molecule has 0 spiro atoms. The summed E-state index contributed by atoms with van der Waals surface area (Å²) < 4.78 is 26.6. The van der Waals surface area contributed by atoms with Gasteiger partial charge in [-0.2, -0.15) is 0 Å². The van der Waals surface area contributed by atoms with Gasteiger partial charge in [-0.15, -0.1) is 11.8 Å². The van der Waals surface area contributed by atoms with Crippen molar-refractivity contribution in [3.8, 4) is 11.1 Å². The SMILES string of the molecule is CSc1ccc(-c2c(S(=O)(=O)c3ccccc3)[nH]c3ccccc23)cc1. The van der Waals surface area contributed by atoms with Gasteiger partial charge in [0.05, 0.1) is 4.90 Å². The highest BCUT2D eigenvalue weighted by Crippen LogP contribution is 2.37. The molecule has 3 nitrogen and oxygen atoms in total. The summed E-state index contributed by atoms with van der Waals surface area (Å²) in [5.41, 5.74) is 2.41. The molecule has 3 aromatic carbocycles. The normalized spacial score (nSPS) is 11.7. The average Bonchev–Trinajstić information content (AvgIpc) is 3.09. The second-order valence-electron chi connectivity index (χ2n) is 5.92. The number of aromatic nitrogens is 1. The molecule has 0 saturated heterocycles. The zero-order valence-corrected chi connectivity index (χ0v) is 15.8. The van der Waals surface area contributed by atoms with Gasteiger partial charge in [-0.3, -0.25) is 0 Å².